The third-order valence-electron chi connectivity index (χ3n) is 3.68. The molecule has 1 fully saturated rings. The van der Waals surface area contributed by atoms with Crippen LogP contribution in [0.5, 0.6) is 0 Å². The lowest BCUT2D eigenvalue weighted by atomic mass is 9.74. The highest BCUT2D eigenvalue weighted by molar-refractivity contribution is 5.86. The predicted octanol–water partition coefficient (Wildman–Crippen LogP) is -1.44. The van der Waals surface area contributed by atoms with E-state index in [0.29, 0.717) is 31.2 Å². The number of carbonyl (C=O) groups is 1. The number of nitrogens with zero attached hydrogens (tertiary/aromatic N) is 6. The van der Waals surface area contributed by atoms with Crippen LogP contribution in [-0.2, 0) is 10.2 Å². The molecule has 21 heavy (non-hydrogen) atoms. The Morgan fingerprint density at radius 3 is 2.38 bits per heavy atom. The highest BCUT2D eigenvalue weighted by Gasteiger charge is 2.46. The Hall–Kier alpha value is -2.55. The smallest absolute Gasteiger partial charge is 0.232 e. The molecule has 2 aromatic rings. The Morgan fingerprint density at radius 1 is 1.14 bits per heavy atom. The van der Waals surface area contributed by atoms with Crippen molar-refractivity contribution in [1.29, 1.82) is 0 Å². The number of hydrogen-bond acceptors (Lipinski definition) is 8. The third kappa shape index (κ3) is 2.42. The zero-order valence-electron chi connectivity index (χ0n) is 11.2. The van der Waals surface area contributed by atoms with Crippen LogP contribution in [0.2, 0.25) is 0 Å². The van der Waals surface area contributed by atoms with Gasteiger partial charge in [0.2, 0.25) is 5.91 Å². The molecule has 2 unspecified atom stereocenters. The first-order chi connectivity index (χ1) is 10.2. The van der Waals surface area contributed by atoms with Gasteiger partial charge in [-0.05, 0) is 6.42 Å². The van der Waals surface area contributed by atoms with Crippen LogP contribution in [0, 0.1) is 0 Å². The Labute approximate surface area is 120 Å². The number of carbonyl (C=O) groups excluding carboxylic acids is 1. The minimum absolute atomic E-state index is 0.0639. The third-order valence-corrected chi connectivity index (χ3v) is 3.68. The normalized spacial score (nSPS) is 25.4. The number of rotatable bonds is 3. The van der Waals surface area contributed by atoms with Gasteiger partial charge < -0.3 is 11.1 Å². The molecule has 108 valence electrons. The molecule has 0 saturated carbocycles. The molecule has 1 amide bonds. The maximum Gasteiger partial charge on any atom is 0.232 e. The molecule has 3 heterocycles. The van der Waals surface area contributed by atoms with E-state index in [0.717, 1.165) is 0 Å². The van der Waals surface area contributed by atoms with Gasteiger partial charge in [-0.1, -0.05) is 0 Å². The fourth-order valence-corrected chi connectivity index (χ4v) is 2.62. The molecule has 0 radical (unpaired) electrons. The zero-order chi connectivity index (χ0) is 14.7. The molecule has 0 bridgehead atoms. The number of primary amides is 1. The first kappa shape index (κ1) is 13.4. The summed E-state index contributed by atoms with van der Waals surface area (Å²) in [7, 11) is 0. The molecule has 2 atom stereocenters. The minimum atomic E-state index is -0.988. The summed E-state index contributed by atoms with van der Waals surface area (Å²) in [6, 6.07) is 0. The molecule has 3 N–H and O–H groups in total. The van der Waals surface area contributed by atoms with E-state index >= 15 is 0 Å². The molecule has 3 rings (SSSR count). The van der Waals surface area contributed by atoms with E-state index in [1.807, 2.05) is 0 Å². The summed E-state index contributed by atoms with van der Waals surface area (Å²) in [4.78, 5) is 36.2. The lowest BCUT2D eigenvalue weighted by molar-refractivity contribution is -0.124. The Balaban J connectivity index is 1.97. The van der Waals surface area contributed by atoms with Crippen LogP contribution in [0.1, 0.15) is 24.0 Å². The minimum Gasteiger partial charge on any atom is -0.369 e. The Morgan fingerprint density at radius 2 is 1.76 bits per heavy atom. The van der Waals surface area contributed by atoms with E-state index in [1.165, 1.54) is 25.3 Å². The van der Waals surface area contributed by atoms with Crippen LogP contribution in [0.25, 0.3) is 0 Å². The quantitative estimate of drug-likeness (QED) is 0.700. The summed E-state index contributed by atoms with van der Waals surface area (Å²) >= 11 is 0. The van der Waals surface area contributed by atoms with E-state index < -0.39 is 11.3 Å². The second-order valence-electron chi connectivity index (χ2n) is 4.94. The standard InChI is InChI=1S/C12H14N8O/c13-10(21)12(11-19-6-16-7-20-11)1-8(2-14-3-12)9-17-4-15-5-18-9/h4-8,14H,1-3H2,(H2,13,21). The number of nitrogens with one attached hydrogen (secondary N) is 1. The average Bonchev–Trinajstić information content (AvgIpc) is 2.56. The van der Waals surface area contributed by atoms with Crippen LogP contribution >= 0.6 is 0 Å². The summed E-state index contributed by atoms with van der Waals surface area (Å²) in [6.45, 7) is 1.04. The molecule has 9 heteroatoms. The maximum absolute atomic E-state index is 12.1. The van der Waals surface area contributed by atoms with E-state index in [1.54, 1.807) is 0 Å². The molecule has 0 spiro atoms. The molecule has 1 aliphatic rings. The number of amides is 1. The summed E-state index contributed by atoms with van der Waals surface area (Å²) in [5.74, 6) is 0.458. The molecule has 2 aromatic heterocycles. The molecule has 0 aliphatic carbocycles. The summed E-state index contributed by atoms with van der Waals surface area (Å²) in [5.41, 5.74) is 4.65. The van der Waals surface area contributed by atoms with E-state index in [2.05, 4.69) is 35.2 Å². The van der Waals surface area contributed by atoms with Crippen molar-refractivity contribution < 1.29 is 4.79 Å². The fourth-order valence-electron chi connectivity index (χ4n) is 2.62. The molecular weight excluding hydrogens is 272 g/mol. The zero-order valence-corrected chi connectivity index (χ0v) is 11.2. The first-order valence-corrected chi connectivity index (χ1v) is 6.47. The van der Waals surface area contributed by atoms with Crippen molar-refractivity contribution in [3.63, 3.8) is 0 Å². The van der Waals surface area contributed by atoms with Gasteiger partial charge in [-0.2, -0.15) is 0 Å². The predicted molar refractivity (Wildman–Crippen MR) is 70.8 cm³/mol. The number of nitrogens with two attached hydrogens (primary N) is 1. The SMILES string of the molecule is NC(=O)C1(c2ncncn2)CNCC(c2ncncn2)C1. The van der Waals surface area contributed by atoms with Crippen LogP contribution in [-0.4, -0.2) is 48.9 Å². The van der Waals surface area contributed by atoms with E-state index in [4.69, 9.17) is 5.73 Å². The second kappa shape index (κ2) is 5.44. The Bertz CT molecular complexity index is 622. The number of hydrogen-bond donors (Lipinski definition) is 2. The lowest BCUT2D eigenvalue weighted by Gasteiger charge is -2.36. The van der Waals surface area contributed by atoms with Crippen molar-refractivity contribution in [2.24, 2.45) is 5.73 Å². The van der Waals surface area contributed by atoms with Crippen molar-refractivity contribution in [2.75, 3.05) is 13.1 Å². The average molecular weight is 286 g/mol. The summed E-state index contributed by atoms with van der Waals surface area (Å²) in [6.07, 6.45) is 6.04. The van der Waals surface area contributed by atoms with Gasteiger partial charge in [-0.25, -0.2) is 29.9 Å². The van der Waals surface area contributed by atoms with Crippen molar-refractivity contribution in [3.8, 4) is 0 Å². The lowest BCUT2D eigenvalue weighted by Crippen LogP contribution is -2.55. The van der Waals surface area contributed by atoms with Gasteiger partial charge in [0.05, 0.1) is 0 Å². The molecular formula is C12H14N8O. The van der Waals surface area contributed by atoms with Crippen LogP contribution in [0.4, 0.5) is 0 Å². The van der Waals surface area contributed by atoms with Gasteiger partial charge in [-0.3, -0.25) is 4.79 Å². The van der Waals surface area contributed by atoms with E-state index in [9.17, 15) is 4.79 Å². The Kier molecular flexibility index (Phi) is 3.48. The van der Waals surface area contributed by atoms with Gasteiger partial charge in [0.1, 0.15) is 42.4 Å². The highest BCUT2D eigenvalue weighted by Crippen LogP contribution is 2.34. The molecule has 1 aliphatic heterocycles. The first-order valence-electron chi connectivity index (χ1n) is 6.47. The number of aromatic nitrogens is 6. The van der Waals surface area contributed by atoms with Gasteiger partial charge in [0.25, 0.3) is 0 Å². The molecule has 1 saturated heterocycles. The van der Waals surface area contributed by atoms with Crippen LogP contribution in [0.15, 0.2) is 25.3 Å². The summed E-state index contributed by atoms with van der Waals surface area (Å²) < 4.78 is 0. The van der Waals surface area contributed by atoms with Gasteiger partial charge in [-0.15, -0.1) is 0 Å². The monoisotopic (exact) mass is 286 g/mol. The van der Waals surface area contributed by atoms with Crippen molar-refractivity contribution in [2.45, 2.75) is 17.8 Å². The van der Waals surface area contributed by atoms with Crippen molar-refractivity contribution in [3.05, 3.63) is 37.0 Å². The van der Waals surface area contributed by atoms with Crippen molar-refractivity contribution in [1.82, 2.24) is 35.2 Å². The number of piperidine rings is 1. The van der Waals surface area contributed by atoms with Crippen molar-refractivity contribution >= 4 is 5.91 Å². The second-order valence-corrected chi connectivity index (χ2v) is 4.94. The van der Waals surface area contributed by atoms with Gasteiger partial charge in [0, 0.05) is 19.0 Å². The molecule has 0 aromatic carbocycles. The van der Waals surface area contributed by atoms with Gasteiger partial charge >= 0.3 is 0 Å². The van der Waals surface area contributed by atoms with Crippen LogP contribution in [0.3, 0.4) is 0 Å². The largest absolute Gasteiger partial charge is 0.369 e. The maximum atomic E-state index is 12.1. The molecule has 9 nitrogen and oxygen atoms in total. The summed E-state index contributed by atoms with van der Waals surface area (Å²) in [5, 5.41) is 3.20. The van der Waals surface area contributed by atoms with Crippen LogP contribution < -0.4 is 11.1 Å². The van der Waals surface area contributed by atoms with E-state index in [-0.39, 0.29) is 5.92 Å². The fraction of sp³-hybridized carbons (Fsp3) is 0.417. The van der Waals surface area contributed by atoms with Gasteiger partial charge in [0.15, 0.2) is 0 Å². The highest BCUT2D eigenvalue weighted by atomic mass is 16.1. The topological polar surface area (TPSA) is 132 Å².